The maximum atomic E-state index is 14.1. The van der Waals surface area contributed by atoms with E-state index in [1.165, 1.54) is 13.2 Å². The van der Waals surface area contributed by atoms with Crippen molar-refractivity contribution in [2.75, 3.05) is 20.2 Å². The van der Waals surface area contributed by atoms with Gasteiger partial charge in [0, 0.05) is 31.1 Å². The molecule has 0 bridgehead atoms. The predicted octanol–water partition coefficient (Wildman–Crippen LogP) is 3.10. The lowest BCUT2D eigenvalue weighted by Gasteiger charge is -2.47. The van der Waals surface area contributed by atoms with Crippen LogP contribution in [0.3, 0.4) is 0 Å². The van der Waals surface area contributed by atoms with Gasteiger partial charge in [-0.2, -0.15) is 0 Å². The number of ether oxygens (including phenoxy) is 1. The zero-order valence-electron chi connectivity index (χ0n) is 12.9. The third kappa shape index (κ3) is 2.84. The lowest BCUT2D eigenvalue weighted by molar-refractivity contribution is -0.0969. The van der Waals surface area contributed by atoms with Crippen molar-refractivity contribution in [3.8, 4) is 5.75 Å². The Labute approximate surface area is 129 Å². The van der Waals surface area contributed by atoms with Gasteiger partial charge in [-0.3, -0.25) is 4.90 Å². The molecule has 3 nitrogen and oxygen atoms in total. The molecule has 0 radical (unpaired) electrons. The van der Waals surface area contributed by atoms with Crippen molar-refractivity contribution in [3.05, 3.63) is 29.3 Å². The summed E-state index contributed by atoms with van der Waals surface area (Å²) in [6.07, 6.45) is 4.80. The fourth-order valence-electron chi connectivity index (χ4n) is 3.92. The number of piperidine rings is 1. The molecular formula is C17H23F2NO2. The Balaban J connectivity index is 1.76. The van der Waals surface area contributed by atoms with E-state index in [-0.39, 0.29) is 11.5 Å². The molecule has 5 heteroatoms. The lowest BCUT2D eigenvalue weighted by atomic mass is 9.71. The number of hydrogen-bond donors (Lipinski definition) is 1. The summed E-state index contributed by atoms with van der Waals surface area (Å²) >= 11 is 0. The maximum Gasteiger partial charge on any atom is 0.167 e. The predicted molar refractivity (Wildman–Crippen MR) is 79.7 cm³/mol. The summed E-state index contributed by atoms with van der Waals surface area (Å²) in [5.74, 6) is -1.06. The quantitative estimate of drug-likeness (QED) is 0.931. The molecule has 0 unspecified atom stereocenters. The molecule has 3 rings (SSSR count). The van der Waals surface area contributed by atoms with Crippen LogP contribution in [0, 0.1) is 17.6 Å². The number of rotatable bonds is 3. The van der Waals surface area contributed by atoms with Crippen LogP contribution >= 0.6 is 0 Å². The van der Waals surface area contributed by atoms with Crippen molar-refractivity contribution in [2.24, 2.45) is 5.92 Å². The molecule has 1 heterocycles. The minimum atomic E-state index is -0.845. The molecule has 2 fully saturated rings. The molecule has 0 spiro atoms. The molecule has 1 saturated heterocycles. The van der Waals surface area contributed by atoms with Crippen molar-refractivity contribution in [3.63, 3.8) is 0 Å². The first-order chi connectivity index (χ1) is 10.5. The third-order valence-electron chi connectivity index (χ3n) is 5.27. The molecule has 22 heavy (non-hydrogen) atoms. The molecule has 1 N–H and O–H groups in total. The van der Waals surface area contributed by atoms with Gasteiger partial charge in [0.05, 0.1) is 12.7 Å². The number of methoxy groups -OCH3 is 1. The minimum Gasteiger partial charge on any atom is -0.496 e. The highest BCUT2D eigenvalue weighted by molar-refractivity contribution is 5.35. The van der Waals surface area contributed by atoms with Crippen molar-refractivity contribution >= 4 is 0 Å². The Bertz CT molecular complexity index is 552. The summed E-state index contributed by atoms with van der Waals surface area (Å²) < 4.78 is 32.7. The van der Waals surface area contributed by atoms with Gasteiger partial charge in [-0.15, -0.1) is 0 Å². The van der Waals surface area contributed by atoms with Crippen LogP contribution in [0.5, 0.6) is 5.75 Å². The summed E-state index contributed by atoms with van der Waals surface area (Å²) in [7, 11) is 1.46. The van der Waals surface area contributed by atoms with Crippen LogP contribution in [0.4, 0.5) is 8.78 Å². The summed E-state index contributed by atoms with van der Waals surface area (Å²) in [5, 5.41) is 10.7. The number of fused-ring (bicyclic) bond motifs is 1. The molecule has 1 aromatic carbocycles. The fraction of sp³-hybridized carbons (Fsp3) is 0.647. The average Bonchev–Trinajstić information content (AvgIpc) is 2.52. The Kier molecular flexibility index (Phi) is 4.37. The summed E-state index contributed by atoms with van der Waals surface area (Å²) in [4.78, 5) is 2.10. The smallest absolute Gasteiger partial charge is 0.167 e. The van der Waals surface area contributed by atoms with Gasteiger partial charge in [0.1, 0.15) is 5.75 Å². The molecular weight excluding hydrogens is 288 g/mol. The highest BCUT2D eigenvalue weighted by Gasteiger charge is 2.42. The first-order valence-corrected chi connectivity index (χ1v) is 7.99. The Morgan fingerprint density at radius 3 is 2.91 bits per heavy atom. The van der Waals surface area contributed by atoms with Crippen LogP contribution in [-0.2, 0) is 6.54 Å². The van der Waals surface area contributed by atoms with E-state index >= 15 is 0 Å². The SMILES string of the molecule is COc1ccc(F)c(F)c1CN1CC[C@@]2(O)CCCC[C@H]2C1. The Morgan fingerprint density at radius 2 is 2.14 bits per heavy atom. The maximum absolute atomic E-state index is 14.1. The zero-order valence-corrected chi connectivity index (χ0v) is 12.9. The van der Waals surface area contributed by atoms with Gasteiger partial charge in [-0.05, 0) is 31.4 Å². The van der Waals surface area contributed by atoms with E-state index in [1.54, 1.807) is 0 Å². The molecule has 2 aliphatic rings. The lowest BCUT2D eigenvalue weighted by Crippen LogP contribution is -2.53. The molecule has 1 saturated carbocycles. The number of benzene rings is 1. The molecule has 1 aliphatic heterocycles. The number of nitrogens with zero attached hydrogens (tertiary/aromatic N) is 1. The zero-order chi connectivity index (χ0) is 15.7. The molecule has 1 aromatic rings. The van der Waals surface area contributed by atoms with E-state index in [4.69, 9.17) is 4.74 Å². The van der Waals surface area contributed by atoms with Gasteiger partial charge in [0.2, 0.25) is 0 Å². The van der Waals surface area contributed by atoms with E-state index in [0.717, 1.165) is 38.3 Å². The summed E-state index contributed by atoms with van der Waals surface area (Å²) in [6, 6.07) is 2.56. The average molecular weight is 311 g/mol. The number of likely N-dealkylation sites (tertiary alicyclic amines) is 1. The van der Waals surface area contributed by atoms with E-state index in [9.17, 15) is 13.9 Å². The van der Waals surface area contributed by atoms with E-state index in [1.807, 2.05) is 0 Å². The first kappa shape index (κ1) is 15.7. The Hall–Kier alpha value is -1.20. The number of hydrogen-bond acceptors (Lipinski definition) is 3. The molecule has 0 amide bonds. The van der Waals surface area contributed by atoms with Crippen LogP contribution in [0.2, 0.25) is 0 Å². The highest BCUT2D eigenvalue weighted by atomic mass is 19.2. The van der Waals surface area contributed by atoms with Gasteiger partial charge >= 0.3 is 0 Å². The summed E-state index contributed by atoms with van der Waals surface area (Å²) in [6.45, 7) is 1.75. The van der Waals surface area contributed by atoms with Crippen molar-refractivity contribution in [2.45, 2.75) is 44.2 Å². The molecule has 122 valence electrons. The Morgan fingerprint density at radius 1 is 1.32 bits per heavy atom. The molecule has 0 aromatic heterocycles. The van der Waals surface area contributed by atoms with E-state index in [0.29, 0.717) is 25.3 Å². The second-order valence-corrected chi connectivity index (χ2v) is 6.57. The van der Waals surface area contributed by atoms with E-state index in [2.05, 4.69) is 4.90 Å². The van der Waals surface area contributed by atoms with Crippen molar-refractivity contribution < 1.29 is 18.6 Å². The van der Waals surface area contributed by atoms with Gasteiger partial charge in [-0.1, -0.05) is 12.8 Å². The van der Waals surface area contributed by atoms with Crippen molar-refractivity contribution in [1.82, 2.24) is 4.90 Å². The minimum absolute atomic E-state index is 0.234. The summed E-state index contributed by atoms with van der Waals surface area (Å²) in [5.41, 5.74) is -0.289. The first-order valence-electron chi connectivity index (χ1n) is 7.99. The van der Waals surface area contributed by atoms with Crippen LogP contribution in [-0.4, -0.2) is 35.8 Å². The van der Waals surface area contributed by atoms with Gasteiger partial charge in [-0.25, -0.2) is 8.78 Å². The molecule has 1 aliphatic carbocycles. The van der Waals surface area contributed by atoms with Crippen LogP contribution < -0.4 is 4.74 Å². The van der Waals surface area contributed by atoms with Crippen LogP contribution in [0.15, 0.2) is 12.1 Å². The number of halogens is 2. The largest absolute Gasteiger partial charge is 0.496 e. The normalized spacial score (nSPS) is 29.2. The van der Waals surface area contributed by atoms with Gasteiger partial charge < -0.3 is 9.84 Å². The topological polar surface area (TPSA) is 32.7 Å². The van der Waals surface area contributed by atoms with Crippen LogP contribution in [0.1, 0.15) is 37.7 Å². The van der Waals surface area contributed by atoms with E-state index < -0.39 is 17.2 Å². The van der Waals surface area contributed by atoms with Crippen molar-refractivity contribution in [1.29, 1.82) is 0 Å². The van der Waals surface area contributed by atoms with Gasteiger partial charge in [0.15, 0.2) is 11.6 Å². The van der Waals surface area contributed by atoms with Crippen LogP contribution in [0.25, 0.3) is 0 Å². The number of aliphatic hydroxyl groups is 1. The molecule has 2 atom stereocenters. The standard InChI is InChI=1S/C17H23F2NO2/c1-22-15-6-5-14(18)16(19)13(15)11-20-9-8-17(21)7-3-2-4-12(17)10-20/h5-6,12,21H,2-4,7-11H2,1H3/t12-,17-/m0/s1. The monoisotopic (exact) mass is 311 g/mol. The van der Waals surface area contributed by atoms with Gasteiger partial charge in [0.25, 0.3) is 0 Å². The second-order valence-electron chi connectivity index (χ2n) is 6.57. The fourth-order valence-corrected chi connectivity index (χ4v) is 3.92. The second kappa shape index (κ2) is 6.13. The third-order valence-corrected chi connectivity index (χ3v) is 5.27. The highest BCUT2D eigenvalue weighted by Crippen LogP contribution is 2.40.